The Labute approximate surface area is 275 Å². The monoisotopic (exact) mass is 668 g/mol. The molecular weight excluding hydrogens is 628 g/mol. The van der Waals surface area contributed by atoms with Crippen LogP contribution in [0, 0.1) is 11.8 Å². The summed E-state index contributed by atoms with van der Waals surface area (Å²) in [5.41, 5.74) is 2.24. The number of nitrogens with zero attached hydrogens (tertiary/aromatic N) is 1. The minimum atomic E-state index is -4.31. The minimum absolute atomic E-state index is 0. The van der Waals surface area contributed by atoms with Crippen LogP contribution in [-0.2, 0) is 29.4 Å². The Morgan fingerprint density at radius 1 is 0.867 bits per heavy atom. The van der Waals surface area contributed by atoms with E-state index in [2.05, 4.69) is 31.0 Å². The fraction of sp³-hybridized carbons (Fsp3) is 0.441. The maximum Gasteiger partial charge on any atom is 0.416 e. The molecule has 5 rings (SSSR count). The van der Waals surface area contributed by atoms with E-state index in [1.165, 1.54) is 12.1 Å². The summed E-state index contributed by atoms with van der Waals surface area (Å²) in [6.45, 7) is 10.3. The lowest BCUT2D eigenvalue weighted by molar-refractivity contribution is -0.145. The van der Waals surface area contributed by atoms with Crippen molar-refractivity contribution in [2.75, 3.05) is 26.2 Å². The van der Waals surface area contributed by atoms with E-state index in [4.69, 9.17) is 9.47 Å². The Balaban J connectivity index is 0.00000276. The number of nitrogens with one attached hydrogen (secondary N) is 1. The standard InChI is InChI=1S/C34H39F3N2O4.2ClH/c1-33(2,3)24-10-14-27(15-11-24)43-30(32(40)41)18-22-6-12-26(13-7-22)42-17-16-39-20-28-29(21-39)31(28)38-19-23-4-8-25(9-5-23)34(35,36)37;;/h4-15,28-31,38H,16-21H2,1-3H3,(H,40,41);2*1H/t28?,29?,30-,31?;;/m0../s1. The molecule has 2 unspecified atom stereocenters. The molecule has 1 aliphatic carbocycles. The number of ether oxygens (including phenoxy) is 2. The van der Waals surface area contributed by atoms with Crippen LogP contribution in [-0.4, -0.2) is 54.4 Å². The number of benzene rings is 3. The van der Waals surface area contributed by atoms with E-state index >= 15 is 0 Å². The van der Waals surface area contributed by atoms with E-state index < -0.39 is 23.8 Å². The molecule has 6 nitrogen and oxygen atoms in total. The summed E-state index contributed by atoms with van der Waals surface area (Å²) >= 11 is 0. The number of carboxylic acids is 1. The molecule has 1 heterocycles. The summed E-state index contributed by atoms with van der Waals surface area (Å²) in [6, 6.07) is 20.8. The average Bonchev–Trinajstić information content (AvgIpc) is 3.41. The molecule has 2 N–H and O–H groups in total. The van der Waals surface area contributed by atoms with Crippen molar-refractivity contribution in [2.24, 2.45) is 11.8 Å². The highest BCUT2D eigenvalue weighted by Crippen LogP contribution is 2.45. The number of halogens is 5. The highest BCUT2D eigenvalue weighted by atomic mass is 35.5. The highest BCUT2D eigenvalue weighted by molar-refractivity contribution is 5.85. The molecule has 246 valence electrons. The number of carbonyl (C=O) groups is 1. The van der Waals surface area contributed by atoms with Crippen molar-refractivity contribution in [3.05, 3.63) is 95.1 Å². The molecule has 2 fully saturated rings. The molecule has 1 saturated heterocycles. The molecular formula is C34H41Cl2F3N2O4. The Morgan fingerprint density at radius 3 is 1.93 bits per heavy atom. The van der Waals surface area contributed by atoms with E-state index in [9.17, 15) is 23.1 Å². The molecule has 3 atom stereocenters. The number of likely N-dealkylation sites (tertiary alicyclic amines) is 1. The van der Waals surface area contributed by atoms with Crippen LogP contribution >= 0.6 is 24.8 Å². The van der Waals surface area contributed by atoms with Gasteiger partial charge in [0.25, 0.3) is 0 Å². The maximum atomic E-state index is 12.7. The van der Waals surface area contributed by atoms with Crippen molar-refractivity contribution in [2.45, 2.75) is 57.5 Å². The van der Waals surface area contributed by atoms with Gasteiger partial charge in [0.15, 0.2) is 6.10 Å². The summed E-state index contributed by atoms with van der Waals surface area (Å²) in [5.74, 6) is 1.38. The third-order valence-corrected chi connectivity index (χ3v) is 8.39. The van der Waals surface area contributed by atoms with Gasteiger partial charge in [-0.05, 0) is 70.3 Å². The number of hydrogen-bond acceptors (Lipinski definition) is 5. The van der Waals surface area contributed by atoms with Crippen LogP contribution in [0.15, 0.2) is 72.8 Å². The van der Waals surface area contributed by atoms with Crippen LogP contribution in [0.4, 0.5) is 13.2 Å². The molecule has 11 heteroatoms. The van der Waals surface area contributed by atoms with E-state index in [1.807, 2.05) is 48.5 Å². The molecule has 1 saturated carbocycles. The Hall–Kier alpha value is -2.98. The molecule has 0 aromatic heterocycles. The smallest absolute Gasteiger partial charge is 0.416 e. The predicted molar refractivity (Wildman–Crippen MR) is 173 cm³/mol. The number of carboxylic acid groups (broad SMARTS) is 1. The molecule has 0 bridgehead atoms. The lowest BCUT2D eigenvalue weighted by Gasteiger charge is -2.20. The van der Waals surface area contributed by atoms with Gasteiger partial charge in [0, 0.05) is 38.6 Å². The van der Waals surface area contributed by atoms with Gasteiger partial charge in [-0.15, -0.1) is 24.8 Å². The number of aliphatic carboxylic acids is 1. The number of fused-ring (bicyclic) bond motifs is 1. The van der Waals surface area contributed by atoms with E-state index in [-0.39, 0.29) is 36.6 Å². The molecule has 3 aromatic carbocycles. The van der Waals surface area contributed by atoms with Gasteiger partial charge in [-0.1, -0.05) is 57.2 Å². The van der Waals surface area contributed by atoms with Gasteiger partial charge in [0.1, 0.15) is 18.1 Å². The maximum absolute atomic E-state index is 12.7. The predicted octanol–water partition coefficient (Wildman–Crippen LogP) is 7.02. The molecule has 0 amide bonds. The van der Waals surface area contributed by atoms with Gasteiger partial charge in [-0.25, -0.2) is 4.79 Å². The van der Waals surface area contributed by atoms with Crippen molar-refractivity contribution >= 4 is 30.8 Å². The second-order valence-corrected chi connectivity index (χ2v) is 12.6. The van der Waals surface area contributed by atoms with E-state index in [1.54, 1.807) is 0 Å². The lowest BCUT2D eigenvalue weighted by atomic mass is 9.87. The Morgan fingerprint density at radius 2 is 1.40 bits per heavy atom. The minimum Gasteiger partial charge on any atom is -0.492 e. The van der Waals surface area contributed by atoms with Crippen LogP contribution in [0.5, 0.6) is 11.5 Å². The molecule has 45 heavy (non-hydrogen) atoms. The van der Waals surface area contributed by atoms with Crippen molar-refractivity contribution in [3.8, 4) is 11.5 Å². The van der Waals surface area contributed by atoms with E-state index in [0.29, 0.717) is 36.8 Å². The Bertz CT molecular complexity index is 1370. The van der Waals surface area contributed by atoms with Gasteiger partial charge in [-0.3, -0.25) is 4.90 Å². The number of hydrogen-bond donors (Lipinski definition) is 2. The average molecular weight is 670 g/mol. The first-order valence-corrected chi connectivity index (χ1v) is 14.7. The van der Waals surface area contributed by atoms with Gasteiger partial charge in [0.2, 0.25) is 0 Å². The Kier molecular flexibility index (Phi) is 12.2. The second kappa shape index (κ2) is 15.1. The van der Waals surface area contributed by atoms with Crippen LogP contribution in [0.2, 0.25) is 0 Å². The summed E-state index contributed by atoms with van der Waals surface area (Å²) in [6.07, 6.45) is -5.07. The molecule has 1 aliphatic heterocycles. The zero-order chi connectivity index (χ0) is 30.8. The quantitative estimate of drug-likeness (QED) is 0.216. The fourth-order valence-corrected chi connectivity index (χ4v) is 5.75. The summed E-state index contributed by atoms with van der Waals surface area (Å²) in [5, 5.41) is 13.2. The molecule has 0 spiro atoms. The molecule has 0 radical (unpaired) electrons. The number of rotatable bonds is 12. The SMILES string of the molecule is CC(C)(C)c1ccc(O[C@@H](Cc2ccc(OCCN3CC4C(C3)C4NCc3ccc(C(F)(F)F)cc3)cc2)C(=O)O)cc1.Cl.Cl. The van der Waals surface area contributed by atoms with Crippen LogP contribution in [0.1, 0.15) is 43.0 Å². The first-order valence-electron chi connectivity index (χ1n) is 14.7. The third kappa shape index (κ3) is 9.75. The van der Waals surface area contributed by atoms with Crippen molar-refractivity contribution in [1.29, 1.82) is 0 Å². The largest absolute Gasteiger partial charge is 0.492 e. The van der Waals surface area contributed by atoms with Gasteiger partial charge < -0.3 is 19.9 Å². The topological polar surface area (TPSA) is 71.0 Å². The first-order chi connectivity index (χ1) is 20.4. The van der Waals surface area contributed by atoms with Crippen LogP contribution in [0.25, 0.3) is 0 Å². The van der Waals surface area contributed by atoms with Crippen LogP contribution < -0.4 is 14.8 Å². The lowest BCUT2D eigenvalue weighted by Crippen LogP contribution is -2.33. The number of piperidine rings is 1. The van der Waals surface area contributed by atoms with Gasteiger partial charge in [-0.2, -0.15) is 13.2 Å². The molecule has 3 aromatic rings. The number of alkyl halides is 3. The first kappa shape index (κ1) is 36.5. The van der Waals surface area contributed by atoms with Gasteiger partial charge in [0.05, 0.1) is 5.56 Å². The van der Waals surface area contributed by atoms with Crippen molar-refractivity contribution in [3.63, 3.8) is 0 Å². The van der Waals surface area contributed by atoms with E-state index in [0.717, 1.165) is 54.2 Å². The zero-order valence-corrected chi connectivity index (χ0v) is 27.2. The van der Waals surface area contributed by atoms with Crippen molar-refractivity contribution in [1.82, 2.24) is 10.2 Å². The third-order valence-electron chi connectivity index (χ3n) is 8.39. The van der Waals surface area contributed by atoms with Crippen LogP contribution in [0.3, 0.4) is 0 Å². The highest BCUT2D eigenvalue weighted by Gasteiger charge is 2.55. The normalized spacial score (nSPS) is 19.9. The fourth-order valence-electron chi connectivity index (χ4n) is 5.75. The zero-order valence-electron chi connectivity index (χ0n) is 25.5. The summed E-state index contributed by atoms with van der Waals surface area (Å²) in [7, 11) is 0. The summed E-state index contributed by atoms with van der Waals surface area (Å²) in [4.78, 5) is 14.2. The molecule has 2 aliphatic rings. The second-order valence-electron chi connectivity index (χ2n) is 12.6. The van der Waals surface area contributed by atoms with Crippen molar-refractivity contribution < 1.29 is 32.5 Å². The van der Waals surface area contributed by atoms with Gasteiger partial charge >= 0.3 is 12.1 Å². The summed E-state index contributed by atoms with van der Waals surface area (Å²) < 4.78 is 50.0.